The summed E-state index contributed by atoms with van der Waals surface area (Å²) in [6.45, 7) is 2.91. The third-order valence-corrected chi connectivity index (χ3v) is 3.16. The molecule has 3 nitrogen and oxygen atoms in total. The number of hydrogen-bond donors (Lipinski definition) is 1. The lowest BCUT2D eigenvalue weighted by Gasteiger charge is -2.09. The Morgan fingerprint density at radius 2 is 1.85 bits per heavy atom. The fourth-order valence-corrected chi connectivity index (χ4v) is 1.93. The molecule has 0 amide bonds. The van der Waals surface area contributed by atoms with Gasteiger partial charge in [-0.25, -0.2) is 0 Å². The van der Waals surface area contributed by atoms with E-state index in [1.165, 1.54) is 0 Å². The molecule has 0 spiro atoms. The molecule has 0 radical (unpaired) electrons. The number of nitrogens with zero attached hydrogens (tertiary/aromatic N) is 1. The van der Waals surface area contributed by atoms with E-state index in [1.54, 1.807) is 12.4 Å². The molecule has 0 aliphatic heterocycles. The van der Waals surface area contributed by atoms with E-state index in [0.29, 0.717) is 4.99 Å². The van der Waals surface area contributed by atoms with Gasteiger partial charge in [0.15, 0.2) is 0 Å². The Morgan fingerprint density at radius 1 is 1.15 bits per heavy atom. The van der Waals surface area contributed by atoms with Crippen molar-refractivity contribution in [2.75, 3.05) is 11.9 Å². The first kappa shape index (κ1) is 14.5. The predicted octanol–water partition coefficient (Wildman–Crippen LogP) is 4.05. The largest absolute Gasteiger partial charge is 0.494 e. The van der Waals surface area contributed by atoms with Crippen LogP contribution in [0.15, 0.2) is 48.8 Å². The molecule has 1 aromatic heterocycles. The summed E-state index contributed by atoms with van der Waals surface area (Å²) < 4.78 is 5.62. The molecule has 1 N–H and O–H groups in total. The van der Waals surface area contributed by atoms with Crippen molar-refractivity contribution in [3.8, 4) is 5.75 Å². The number of aromatic nitrogens is 1. The first-order chi connectivity index (χ1) is 9.79. The standard InChI is InChI=1S/C16H18N2OS/c1-2-3-12-19-15-6-4-14(5-7-15)18-16(20)13-8-10-17-11-9-13/h4-11H,2-3,12H2,1H3,(H,18,20). The van der Waals surface area contributed by atoms with Crippen molar-refractivity contribution in [3.05, 3.63) is 54.4 Å². The van der Waals surface area contributed by atoms with Gasteiger partial charge in [-0.05, 0) is 42.8 Å². The third-order valence-electron chi connectivity index (χ3n) is 2.82. The highest BCUT2D eigenvalue weighted by molar-refractivity contribution is 7.81. The van der Waals surface area contributed by atoms with Gasteiger partial charge < -0.3 is 10.1 Å². The van der Waals surface area contributed by atoms with E-state index >= 15 is 0 Å². The number of rotatable bonds is 6. The Morgan fingerprint density at radius 3 is 2.50 bits per heavy atom. The topological polar surface area (TPSA) is 34.1 Å². The van der Waals surface area contributed by atoms with Crippen molar-refractivity contribution in [3.63, 3.8) is 0 Å². The molecule has 2 rings (SSSR count). The molecule has 1 aromatic carbocycles. The summed E-state index contributed by atoms with van der Waals surface area (Å²) in [6.07, 6.45) is 5.67. The Bertz CT molecular complexity index is 540. The monoisotopic (exact) mass is 286 g/mol. The number of pyridine rings is 1. The van der Waals surface area contributed by atoms with E-state index in [-0.39, 0.29) is 0 Å². The van der Waals surface area contributed by atoms with Crippen LogP contribution in [0.25, 0.3) is 0 Å². The molecule has 0 atom stereocenters. The zero-order valence-corrected chi connectivity index (χ0v) is 12.3. The number of unbranched alkanes of at least 4 members (excludes halogenated alkanes) is 1. The van der Waals surface area contributed by atoms with Crippen molar-refractivity contribution >= 4 is 22.9 Å². The molecule has 4 heteroatoms. The summed E-state index contributed by atoms with van der Waals surface area (Å²) in [7, 11) is 0. The number of benzene rings is 1. The van der Waals surface area contributed by atoms with Gasteiger partial charge in [0.1, 0.15) is 10.7 Å². The van der Waals surface area contributed by atoms with Crippen LogP contribution in [0.4, 0.5) is 5.69 Å². The van der Waals surface area contributed by atoms with Crippen LogP contribution in [0.3, 0.4) is 0 Å². The van der Waals surface area contributed by atoms with E-state index in [1.807, 2.05) is 36.4 Å². The Labute approximate surface area is 125 Å². The van der Waals surface area contributed by atoms with Crippen LogP contribution in [0, 0.1) is 0 Å². The van der Waals surface area contributed by atoms with E-state index < -0.39 is 0 Å². The Kier molecular flexibility index (Phi) is 5.50. The molecule has 0 unspecified atom stereocenters. The molecule has 104 valence electrons. The first-order valence-electron chi connectivity index (χ1n) is 6.74. The summed E-state index contributed by atoms with van der Waals surface area (Å²) in [4.78, 5) is 4.67. The van der Waals surface area contributed by atoms with E-state index in [2.05, 4.69) is 17.2 Å². The van der Waals surface area contributed by atoms with Gasteiger partial charge in [-0.3, -0.25) is 4.98 Å². The maximum atomic E-state index is 5.62. The highest BCUT2D eigenvalue weighted by Crippen LogP contribution is 2.17. The van der Waals surface area contributed by atoms with Crippen molar-refractivity contribution < 1.29 is 4.74 Å². The average Bonchev–Trinajstić information content (AvgIpc) is 2.50. The first-order valence-corrected chi connectivity index (χ1v) is 7.14. The van der Waals surface area contributed by atoms with Gasteiger partial charge in [-0.1, -0.05) is 25.6 Å². The average molecular weight is 286 g/mol. The lowest BCUT2D eigenvalue weighted by atomic mass is 10.2. The molecule has 0 aliphatic carbocycles. The molecular weight excluding hydrogens is 268 g/mol. The van der Waals surface area contributed by atoms with Crippen molar-refractivity contribution in [1.82, 2.24) is 4.98 Å². The summed E-state index contributed by atoms with van der Waals surface area (Å²) in [5, 5.41) is 3.20. The van der Waals surface area contributed by atoms with Gasteiger partial charge in [-0.15, -0.1) is 0 Å². The molecule has 0 bridgehead atoms. The lowest BCUT2D eigenvalue weighted by Crippen LogP contribution is -2.10. The molecular formula is C16H18N2OS. The summed E-state index contributed by atoms with van der Waals surface area (Å²) >= 11 is 5.35. The van der Waals surface area contributed by atoms with Crippen LogP contribution >= 0.6 is 12.2 Å². The molecule has 0 saturated heterocycles. The van der Waals surface area contributed by atoms with Crippen LogP contribution in [-0.2, 0) is 0 Å². The Balaban J connectivity index is 1.92. The zero-order valence-electron chi connectivity index (χ0n) is 11.5. The van der Waals surface area contributed by atoms with Gasteiger partial charge in [-0.2, -0.15) is 0 Å². The quantitative estimate of drug-likeness (QED) is 0.642. The molecule has 2 aromatic rings. The molecule has 0 saturated carbocycles. The van der Waals surface area contributed by atoms with Crippen LogP contribution in [0.1, 0.15) is 25.3 Å². The Hall–Kier alpha value is -1.94. The SMILES string of the molecule is CCCCOc1ccc(NC(=S)c2ccncc2)cc1. The van der Waals surface area contributed by atoms with Crippen molar-refractivity contribution in [2.24, 2.45) is 0 Å². The minimum Gasteiger partial charge on any atom is -0.494 e. The lowest BCUT2D eigenvalue weighted by molar-refractivity contribution is 0.309. The second kappa shape index (κ2) is 7.60. The van der Waals surface area contributed by atoms with E-state index in [0.717, 1.165) is 36.4 Å². The summed E-state index contributed by atoms with van der Waals surface area (Å²) in [5.74, 6) is 0.888. The minimum absolute atomic E-state index is 0.687. The van der Waals surface area contributed by atoms with E-state index in [9.17, 15) is 0 Å². The minimum atomic E-state index is 0.687. The number of anilines is 1. The summed E-state index contributed by atoms with van der Waals surface area (Å²) in [6, 6.07) is 11.6. The maximum absolute atomic E-state index is 5.62. The van der Waals surface area contributed by atoms with Gasteiger partial charge in [0, 0.05) is 23.6 Å². The van der Waals surface area contributed by atoms with Crippen LogP contribution < -0.4 is 10.1 Å². The van der Waals surface area contributed by atoms with Gasteiger partial charge >= 0.3 is 0 Å². The number of thiocarbonyl (C=S) groups is 1. The normalized spacial score (nSPS) is 10.1. The number of ether oxygens (including phenoxy) is 1. The maximum Gasteiger partial charge on any atom is 0.119 e. The number of nitrogens with one attached hydrogen (secondary N) is 1. The van der Waals surface area contributed by atoms with Gasteiger partial charge in [0.25, 0.3) is 0 Å². The fraction of sp³-hybridized carbons (Fsp3) is 0.250. The molecule has 20 heavy (non-hydrogen) atoms. The predicted molar refractivity (Wildman–Crippen MR) is 86.4 cm³/mol. The zero-order chi connectivity index (χ0) is 14.2. The molecule has 0 fully saturated rings. The van der Waals surface area contributed by atoms with Crippen molar-refractivity contribution in [1.29, 1.82) is 0 Å². The fourth-order valence-electron chi connectivity index (χ4n) is 1.68. The second-order valence-corrected chi connectivity index (χ2v) is 4.82. The highest BCUT2D eigenvalue weighted by atomic mass is 32.1. The van der Waals surface area contributed by atoms with Gasteiger partial charge in [0.05, 0.1) is 6.61 Å². The smallest absolute Gasteiger partial charge is 0.119 e. The third kappa shape index (κ3) is 4.31. The highest BCUT2D eigenvalue weighted by Gasteiger charge is 2.01. The molecule has 1 heterocycles. The second-order valence-electron chi connectivity index (χ2n) is 4.42. The van der Waals surface area contributed by atoms with E-state index in [4.69, 9.17) is 17.0 Å². The van der Waals surface area contributed by atoms with Crippen LogP contribution in [0.2, 0.25) is 0 Å². The van der Waals surface area contributed by atoms with Crippen molar-refractivity contribution in [2.45, 2.75) is 19.8 Å². The summed E-state index contributed by atoms with van der Waals surface area (Å²) in [5.41, 5.74) is 1.91. The number of hydrogen-bond acceptors (Lipinski definition) is 3. The molecule has 0 aliphatic rings. The van der Waals surface area contributed by atoms with Crippen LogP contribution in [0.5, 0.6) is 5.75 Å². The van der Waals surface area contributed by atoms with Crippen LogP contribution in [-0.4, -0.2) is 16.6 Å². The van der Waals surface area contributed by atoms with Gasteiger partial charge in [0.2, 0.25) is 0 Å².